The topological polar surface area (TPSA) is 17.1 Å². The number of hydrogen-bond donors (Lipinski definition) is 0. The fourth-order valence-electron chi connectivity index (χ4n) is 0.791. The lowest BCUT2D eigenvalue weighted by Crippen LogP contribution is -2.08. The van der Waals surface area contributed by atoms with Crippen LogP contribution in [0.2, 0.25) is 18.6 Å². The summed E-state index contributed by atoms with van der Waals surface area (Å²) in [7, 11) is -0.952. The summed E-state index contributed by atoms with van der Waals surface area (Å²) in [6.45, 7) is 7.74. The van der Waals surface area contributed by atoms with Crippen LogP contribution in [0, 0.1) is 0 Å². The fourth-order valence-corrected chi connectivity index (χ4v) is 4.92. The van der Waals surface area contributed by atoms with Gasteiger partial charge in [-0.05, 0) is 6.92 Å². The van der Waals surface area contributed by atoms with E-state index in [0.29, 0.717) is 5.41 Å². The van der Waals surface area contributed by atoms with Crippen molar-refractivity contribution in [3.8, 4) is 0 Å². The Balaban J connectivity index is 3.19. The predicted octanol–water partition coefficient (Wildman–Crippen LogP) is 0.702. The largest absolute Gasteiger partial charge is 0.307 e. The molecular formula is C7H16OSi2. The average Bonchev–Trinajstić information content (AvgIpc) is 1.87. The van der Waals surface area contributed by atoms with E-state index in [1.54, 1.807) is 6.92 Å². The second-order valence-electron chi connectivity index (χ2n) is 2.81. The fraction of sp³-hybridized carbons (Fsp3) is 0.571. The van der Waals surface area contributed by atoms with E-state index in [-0.39, 0.29) is 9.52 Å². The van der Waals surface area contributed by atoms with Gasteiger partial charge in [-0.15, -0.1) is 12.3 Å². The molecule has 1 atom stereocenters. The molecule has 0 aliphatic heterocycles. The third-order valence-corrected chi connectivity index (χ3v) is 6.00. The summed E-state index contributed by atoms with van der Waals surface area (Å²) in [6.07, 6.45) is 0. The Morgan fingerprint density at radius 1 is 1.80 bits per heavy atom. The summed E-state index contributed by atoms with van der Waals surface area (Å²) in [6, 6.07) is 2.49. The summed E-state index contributed by atoms with van der Waals surface area (Å²) in [5.41, 5.74) is 2.09. The molecule has 58 valence electrons. The summed E-state index contributed by atoms with van der Waals surface area (Å²) < 4.78 is 0. The summed E-state index contributed by atoms with van der Waals surface area (Å²) in [4.78, 5) is 10.6. The van der Waals surface area contributed by atoms with Crippen molar-refractivity contribution < 1.29 is 4.79 Å². The van der Waals surface area contributed by atoms with Crippen LogP contribution in [-0.4, -0.2) is 23.7 Å². The Hall–Kier alpha value is -0.156. The molecule has 0 rings (SSSR count). The van der Waals surface area contributed by atoms with Crippen LogP contribution >= 0.6 is 0 Å². The van der Waals surface area contributed by atoms with Crippen LogP contribution in [-0.2, 0) is 4.79 Å². The standard InChI is InChI=1S/C7H16OSi2/c1-4-10(3)6-5-9-7(2)8/h4,10H,1,5-6,9H2,2-3H3. The van der Waals surface area contributed by atoms with Gasteiger partial charge in [-0.1, -0.05) is 18.6 Å². The van der Waals surface area contributed by atoms with Crippen molar-refractivity contribution in [2.45, 2.75) is 25.6 Å². The zero-order valence-corrected chi connectivity index (χ0v) is 9.46. The molecule has 0 aliphatic rings. The maximum absolute atomic E-state index is 10.6. The molecular weight excluding hydrogens is 156 g/mol. The number of carbonyl (C=O) groups excluding carboxylic acids is 1. The number of carbonyl (C=O) groups is 1. The van der Waals surface area contributed by atoms with E-state index in [0.717, 1.165) is 0 Å². The van der Waals surface area contributed by atoms with Gasteiger partial charge in [0.25, 0.3) is 0 Å². The molecule has 0 fully saturated rings. The molecule has 0 spiro atoms. The lowest BCUT2D eigenvalue weighted by Gasteiger charge is -1.99. The first kappa shape index (κ1) is 9.84. The Bertz CT molecular complexity index is 123. The Morgan fingerprint density at radius 3 is 2.80 bits per heavy atom. The maximum atomic E-state index is 10.6. The minimum atomic E-state index is -0.594. The Kier molecular flexibility index (Phi) is 5.53. The third kappa shape index (κ3) is 5.97. The first-order valence-electron chi connectivity index (χ1n) is 3.78. The van der Waals surface area contributed by atoms with Crippen LogP contribution in [0.5, 0.6) is 0 Å². The second-order valence-corrected chi connectivity index (χ2v) is 8.01. The van der Waals surface area contributed by atoms with Gasteiger partial charge in [-0.3, -0.25) is 0 Å². The van der Waals surface area contributed by atoms with Crippen molar-refractivity contribution in [2.75, 3.05) is 0 Å². The molecule has 0 aliphatic carbocycles. The van der Waals surface area contributed by atoms with Crippen LogP contribution in [0.1, 0.15) is 6.92 Å². The van der Waals surface area contributed by atoms with Crippen LogP contribution in [0.4, 0.5) is 0 Å². The monoisotopic (exact) mass is 172 g/mol. The van der Waals surface area contributed by atoms with Gasteiger partial charge in [0.15, 0.2) is 0 Å². The van der Waals surface area contributed by atoms with E-state index < -0.39 is 8.80 Å². The van der Waals surface area contributed by atoms with E-state index in [2.05, 4.69) is 18.8 Å². The van der Waals surface area contributed by atoms with E-state index >= 15 is 0 Å². The molecule has 0 saturated heterocycles. The smallest absolute Gasteiger partial charge is 0.101 e. The van der Waals surface area contributed by atoms with Gasteiger partial charge in [0.05, 0.1) is 8.80 Å². The van der Waals surface area contributed by atoms with Crippen molar-refractivity contribution in [1.29, 1.82) is 0 Å². The van der Waals surface area contributed by atoms with Crippen molar-refractivity contribution in [2.24, 2.45) is 0 Å². The highest BCUT2D eigenvalue weighted by molar-refractivity contribution is 6.75. The van der Waals surface area contributed by atoms with Crippen molar-refractivity contribution in [1.82, 2.24) is 0 Å². The molecule has 1 nitrogen and oxygen atoms in total. The van der Waals surface area contributed by atoms with Crippen LogP contribution in [0.25, 0.3) is 0 Å². The summed E-state index contributed by atoms with van der Waals surface area (Å²) >= 11 is 0. The van der Waals surface area contributed by atoms with Gasteiger partial charge in [0, 0.05) is 0 Å². The van der Waals surface area contributed by atoms with Crippen LogP contribution in [0.3, 0.4) is 0 Å². The van der Waals surface area contributed by atoms with Crippen molar-refractivity contribution in [3.63, 3.8) is 0 Å². The predicted molar refractivity (Wildman–Crippen MR) is 52.0 cm³/mol. The molecule has 1 unspecified atom stereocenters. The normalized spacial score (nSPS) is 13.8. The molecule has 0 aromatic heterocycles. The van der Waals surface area contributed by atoms with Crippen molar-refractivity contribution >= 4 is 23.7 Å². The zero-order chi connectivity index (χ0) is 7.98. The molecule has 0 bridgehead atoms. The van der Waals surface area contributed by atoms with E-state index in [1.807, 2.05) is 0 Å². The lowest BCUT2D eigenvalue weighted by atomic mass is 10.9. The van der Waals surface area contributed by atoms with E-state index in [4.69, 9.17) is 0 Å². The minimum Gasteiger partial charge on any atom is -0.307 e. The van der Waals surface area contributed by atoms with Gasteiger partial charge >= 0.3 is 0 Å². The van der Waals surface area contributed by atoms with Gasteiger partial charge in [-0.2, -0.15) is 0 Å². The third-order valence-electron chi connectivity index (χ3n) is 1.59. The van der Waals surface area contributed by atoms with E-state index in [9.17, 15) is 4.79 Å². The molecule has 0 aromatic carbocycles. The summed E-state index contributed by atoms with van der Waals surface area (Å²) in [5.74, 6) is 0. The number of hydrogen-bond acceptors (Lipinski definition) is 1. The van der Waals surface area contributed by atoms with Gasteiger partial charge in [0.2, 0.25) is 0 Å². The summed E-state index contributed by atoms with van der Waals surface area (Å²) in [5, 5.41) is 0.449. The molecule has 10 heavy (non-hydrogen) atoms. The van der Waals surface area contributed by atoms with Crippen molar-refractivity contribution in [3.05, 3.63) is 12.3 Å². The first-order chi connectivity index (χ1) is 4.66. The van der Waals surface area contributed by atoms with Crippen LogP contribution < -0.4 is 0 Å². The quantitative estimate of drug-likeness (QED) is 0.558. The molecule has 0 aromatic rings. The van der Waals surface area contributed by atoms with Gasteiger partial charge in [-0.25, -0.2) is 0 Å². The Morgan fingerprint density at radius 2 is 2.40 bits per heavy atom. The lowest BCUT2D eigenvalue weighted by molar-refractivity contribution is -0.110. The Labute approximate surface area is 67.0 Å². The minimum absolute atomic E-state index is 0.358. The van der Waals surface area contributed by atoms with Crippen LogP contribution in [0.15, 0.2) is 12.3 Å². The molecule has 0 heterocycles. The zero-order valence-electron chi connectivity index (χ0n) is 6.89. The highest BCUT2D eigenvalue weighted by Crippen LogP contribution is 1.97. The van der Waals surface area contributed by atoms with Gasteiger partial charge < -0.3 is 4.79 Å². The molecule has 3 heteroatoms. The molecule has 0 N–H and O–H groups in total. The SMILES string of the molecule is C=C[SiH](C)CC[SiH2]C(C)=O. The average molecular weight is 172 g/mol. The molecule has 0 saturated carbocycles. The van der Waals surface area contributed by atoms with E-state index in [1.165, 1.54) is 12.1 Å². The maximum Gasteiger partial charge on any atom is 0.101 e. The highest BCUT2D eigenvalue weighted by atomic mass is 28.3. The van der Waals surface area contributed by atoms with Gasteiger partial charge in [0.1, 0.15) is 14.9 Å². The molecule has 0 amide bonds. The highest BCUT2D eigenvalue weighted by Gasteiger charge is 1.99. The first-order valence-corrected chi connectivity index (χ1v) is 8.13. The molecule has 0 radical (unpaired) electrons. The second kappa shape index (κ2) is 5.62. The number of rotatable bonds is 5.